The molecule has 0 aliphatic heterocycles. The number of amides is 1. The molecule has 1 heterocycles. The lowest BCUT2D eigenvalue weighted by molar-refractivity contribution is -0.115. The Kier molecular flexibility index (Phi) is 7.54. The maximum atomic E-state index is 12.8. The molecule has 3 N–H and O–H groups in total. The number of carbonyl (C=O) groups excluding carboxylic acids is 2. The van der Waals surface area contributed by atoms with E-state index in [0.29, 0.717) is 23.4 Å². The predicted octanol–water partition coefficient (Wildman–Crippen LogP) is 3.17. The van der Waals surface area contributed by atoms with Gasteiger partial charge in [-0.2, -0.15) is 4.68 Å². The third-order valence-corrected chi connectivity index (χ3v) is 5.68. The van der Waals surface area contributed by atoms with E-state index in [-0.39, 0.29) is 12.2 Å². The van der Waals surface area contributed by atoms with Gasteiger partial charge in [0, 0.05) is 17.5 Å². The zero-order chi connectivity index (χ0) is 24.8. The van der Waals surface area contributed by atoms with Crippen LogP contribution in [0.25, 0.3) is 16.8 Å². The Morgan fingerprint density at radius 3 is 2.49 bits per heavy atom. The number of benzene rings is 3. The van der Waals surface area contributed by atoms with E-state index in [1.165, 1.54) is 0 Å². The van der Waals surface area contributed by atoms with Gasteiger partial charge in [0.25, 0.3) is 5.91 Å². The number of aromatic nitrogens is 3. The molecule has 2 atom stereocenters. The van der Waals surface area contributed by atoms with Crippen LogP contribution in [0.3, 0.4) is 0 Å². The maximum absolute atomic E-state index is 12.8. The molecule has 4 rings (SSSR count). The molecule has 0 fully saturated rings. The number of aliphatic hydroxyl groups is 1. The zero-order valence-electron chi connectivity index (χ0n) is 18.6. The molecule has 0 bridgehead atoms. The van der Waals surface area contributed by atoms with Crippen molar-refractivity contribution >= 4 is 23.8 Å². The summed E-state index contributed by atoms with van der Waals surface area (Å²) in [6.45, 7) is 0. The lowest BCUT2D eigenvalue weighted by Crippen LogP contribution is -2.39. The van der Waals surface area contributed by atoms with E-state index in [1.54, 1.807) is 36.4 Å². The van der Waals surface area contributed by atoms with Gasteiger partial charge in [0.05, 0.1) is 5.69 Å². The lowest BCUT2D eigenvalue weighted by Gasteiger charge is -2.19. The maximum Gasteiger partial charge on any atom is 0.348 e. The first kappa shape index (κ1) is 24.1. The second-order valence-corrected chi connectivity index (χ2v) is 8.48. The van der Waals surface area contributed by atoms with Crippen LogP contribution in [0.4, 0.5) is 0 Å². The minimum absolute atomic E-state index is 0.00884. The minimum atomic E-state index is -1.24. The van der Waals surface area contributed by atoms with E-state index in [0.717, 1.165) is 21.4 Å². The number of carbonyl (C=O) groups is 2. The van der Waals surface area contributed by atoms with Gasteiger partial charge in [0.1, 0.15) is 12.4 Å². The van der Waals surface area contributed by atoms with Crippen molar-refractivity contribution in [1.29, 1.82) is 0 Å². The molecule has 1 amide bonds. The van der Waals surface area contributed by atoms with Crippen LogP contribution in [0.15, 0.2) is 83.7 Å². The quantitative estimate of drug-likeness (QED) is 0.311. The van der Waals surface area contributed by atoms with Gasteiger partial charge in [-0.05, 0) is 47.4 Å². The molecule has 4 aromatic rings. The SMILES string of the molecule is O=CC(O)C[C@@H](Cc1ccc(-c2cccc(Cl)c2)cc1)NC(=O)c1nn(-c2ccccc2)c(=O)[nH]1. The van der Waals surface area contributed by atoms with Gasteiger partial charge in [-0.15, -0.1) is 5.10 Å². The summed E-state index contributed by atoms with van der Waals surface area (Å²) in [4.78, 5) is 38.6. The van der Waals surface area contributed by atoms with Crippen LogP contribution in [0.2, 0.25) is 5.02 Å². The molecular formula is C26H23ClN4O4. The third-order valence-electron chi connectivity index (χ3n) is 5.45. The van der Waals surface area contributed by atoms with Crippen molar-refractivity contribution in [3.63, 3.8) is 0 Å². The van der Waals surface area contributed by atoms with Crippen LogP contribution in [0.1, 0.15) is 22.6 Å². The smallest absolute Gasteiger partial charge is 0.348 e. The average Bonchev–Trinajstić information content (AvgIpc) is 3.26. The second-order valence-electron chi connectivity index (χ2n) is 8.05. The van der Waals surface area contributed by atoms with Gasteiger partial charge in [0.2, 0.25) is 5.82 Å². The van der Waals surface area contributed by atoms with E-state index in [1.807, 2.05) is 42.5 Å². The highest BCUT2D eigenvalue weighted by atomic mass is 35.5. The van der Waals surface area contributed by atoms with Crippen molar-refractivity contribution in [2.24, 2.45) is 0 Å². The number of aliphatic hydroxyl groups excluding tert-OH is 1. The summed E-state index contributed by atoms with van der Waals surface area (Å²) < 4.78 is 1.10. The average molecular weight is 491 g/mol. The lowest BCUT2D eigenvalue weighted by atomic mass is 9.98. The molecule has 0 aliphatic rings. The molecule has 0 radical (unpaired) electrons. The Labute approximate surface area is 206 Å². The van der Waals surface area contributed by atoms with Gasteiger partial charge < -0.3 is 15.2 Å². The summed E-state index contributed by atoms with van der Waals surface area (Å²) in [5, 5.41) is 17.4. The first-order valence-electron chi connectivity index (χ1n) is 11.0. The molecule has 3 aromatic carbocycles. The summed E-state index contributed by atoms with van der Waals surface area (Å²) >= 11 is 6.08. The monoisotopic (exact) mass is 490 g/mol. The van der Waals surface area contributed by atoms with E-state index in [9.17, 15) is 19.5 Å². The van der Waals surface area contributed by atoms with Gasteiger partial charge in [-0.25, -0.2) is 4.79 Å². The topological polar surface area (TPSA) is 117 Å². The summed E-state index contributed by atoms with van der Waals surface area (Å²) in [6, 6.07) is 23.3. The molecule has 0 saturated carbocycles. The Balaban J connectivity index is 1.50. The fourth-order valence-electron chi connectivity index (χ4n) is 3.75. The van der Waals surface area contributed by atoms with Crippen LogP contribution in [0, 0.1) is 0 Å². The molecular weight excluding hydrogens is 468 g/mol. The summed E-state index contributed by atoms with van der Waals surface area (Å²) in [5.41, 5.74) is 2.81. The van der Waals surface area contributed by atoms with Crippen molar-refractivity contribution in [3.05, 3.63) is 106 Å². The van der Waals surface area contributed by atoms with Crippen LogP contribution >= 0.6 is 11.6 Å². The molecule has 1 unspecified atom stereocenters. The Bertz CT molecular complexity index is 1370. The fraction of sp³-hybridized carbons (Fsp3) is 0.154. The summed E-state index contributed by atoms with van der Waals surface area (Å²) in [6.07, 6.45) is -0.453. The first-order chi connectivity index (χ1) is 16.9. The largest absolute Gasteiger partial charge is 0.386 e. The number of H-pyrrole nitrogens is 1. The zero-order valence-corrected chi connectivity index (χ0v) is 19.4. The normalized spacial score (nSPS) is 12.6. The Hall–Kier alpha value is -4.01. The third kappa shape index (κ3) is 6.11. The van der Waals surface area contributed by atoms with E-state index in [2.05, 4.69) is 15.4 Å². The van der Waals surface area contributed by atoms with Crippen LogP contribution in [-0.4, -0.2) is 44.2 Å². The molecule has 178 valence electrons. The van der Waals surface area contributed by atoms with Gasteiger partial charge >= 0.3 is 5.69 Å². The van der Waals surface area contributed by atoms with Gasteiger partial charge in [-0.3, -0.25) is 9.78 Å². The van der Waals surface area contributed by atoms with Crippen LogP contribution in [0.5, 0.6) is 0 Å². The summed E-state index contributed by atoms with van der Waals surface area (Å²) in [5.74, 6) is -0.781. The fourth-order valence-corrected chi connectivity index (χ4v) is 3.94. The Morgan fingerprint density at radius 1 is 1.06 bits per heavy atom. The van der Waals surface area contributed by atoms with Crippen molar-refractivity contribution < 1.29 is 14.7 Å². The van der Waals surface area contributed by atoms with Gasteiger partial charge in [-0.1, -0.05) is 66.2 Å². The molecule has 0 aliphatic carbocycles. The van der Waals surface area contributed by atoms with Crippen molar-refractivity contribution in [1.82, 2.24) is 20.1 Å². The van der Waals surface area contributed by atoms with E-state index < -0.39 is 23.7 Å². The number of aromatic amines is 1. The number of nitrogens with one attached hydrogen (secondary N) is 2. The van der Waals surface area contributed by atoms with E-state index >= 15 is 0 Å². The number of nitrogens with zero attached hydrogens (tertiary/aromatic N) is 2. The number of aldehydes is 1. The second kappa shape index (κ2) is 10.9. The molecule has 35 heavy (non-hydrogen) atoms. The number of hydrogen-bond acceptors (Lipinski definition) is 5. The molecule has 9 heteroatoms. The number of para-hydroxylation sites is 1. The highest BCUT2D eigenvalue weighted by Gasteiger charge is 2.21. The highest BCUT2D eigenvalue weighted by Crippen LogP contribution is 2.23. The van der Waals surface area contributed by atoms with Crippen LogP contribution < -0.4 is 11.0 Å². The van der Waals surface area contributed by atoms with Crippen molar-refractivity contribution in [2.75, 3.05) is 0 Å². The number of halogens is 1. The predicted molar refractivity (Wildman–Crippen MR) is 133 cm³/mol. The molecule has 8 nitrogen and oxygen atoms in total. The Morgan fingerprint density at radius 2 is 1.80 bits per heavy atom. The minimum Gasteiger partial charge on any atom is -0.386 e. The van der Waals surface area contributed by atoms with E-state index in [4.69, 9.17) is 11.6 Å². The molecule has 0 spiro atoms. The number of hydrogen-bond donors (Lipinski definition) is 3. The standard InChI is InChI=1S/C26H23ClN4O4/c27-20-6-4-5-19(14-20)18-11-9-17(10-12-18)13-21(15-23(33)16-32)28-25(34)24-29-26(35)31(30-24)22-7-2-1-3-8-22/h1-12,14,16,21,23,33H,13,15H2,(H,28,34)(H,29,30,35)/t21-,23?/m1/s1. The molecule has 1 aromatic heterocycles. The van der Waals surface area contributed by atoms with Crippen LogP contribution in [-0.2, 0) is 11.2 Å². The number of rotatable bonds is 9. The van der Waals surface area contributed by atoms with Gasteiger partial charge in [0.15, 0.2) is 0 Å². The van der Waals surface area contributed by atoms with Crippen molar-refractivity contribution in [2.45, 2.75) is 25.0 Å². The highest BCUT2D eigenvalue weighted by molar-refractivity contribution is 6.30. The first-order valence-corrected chi connectivity index (χ1v) is 11.3. The molecule has 0 saturated heterocycles. The summed E-state index contributed by atoms with van der Waals surface area (Å²) in [7, 11) is 0. The van der Waals surface area contributed by atoms with Crippen molar-refractivity contribution in [3.8, 4) is 16.8 Å².